The highest BCUT2D eigenvalue weighted by molar-refractivity contribution is 6.54. The van der Waals surface area contributed by atoms with Gasteiger partial charge in [-0.3, -0.25) is 19.3 Å². The number of benzene rings is 1. The van der Waals surface area contributed by atoms with E-state index in [9.17, 15) is 14.4 Å². The van der Waals surface area contributed by atoms with Crippen LogP contribution >= 0.6 is 11.6 Å². The fourth-order valence-electron chi connectivity index (χ4n) is 1.60. The molecule has 0 aromatic heterocycles. The summed E-state index contributed by atoms with van der Waals surface area (Å²) < 4.78 is 0. The van der Waals surface area contributed by atoms with E-state index in [0.29, 0.717) is 0 Å². The van der Waals surface area contributed by atoms with Crippen LogP contribution in [0.2, 0.25) is 5.02 Å². The number of halogens is 1. The first-order valence-corrected chi connectivity index (χ1v) is 4.76. The van der Waals surface area contributed by atoms with Crippen molar-refractivity contribution in [2.45, 2.75) is 0 Å². The molecule has 1 heterocycles. The minimum Gasteiger partial charge on any atom is -0.480 e. The number of rotatable bonds is 2. The van der Waals surface area contributed by atoms with Crippen LogP contribution in [0.25, 0.3) is 0 Å². The minimum absolute atomic E-state index is 0.152. The largest absolute Gasteiger partial charge is 0.480 e. The molecule has 1 N–H and O–H groups in total. The number of carbonyl (C=O) groups is 3. The van der Waals surface area contributed by atoms with E-state index in [1.165, 1.54) is 18.2 Å². The van der Waals surface area contributed by atoms with E-state index in [1.807, 2.05) is 0 Å². The predicted molar refractivity (Wildman–Crippen MR) is 55.8 cm³/mol. The van der Waals surface area contributed by atoms with E-state index in [0.717, 1.165) is 4.90 Å². The SMILES string of the molecule is O=C(O)CN1C(=O)C(=O)c2cccc(Cl)c21. The van der Waals surface area contributed by atoms with Crippen molar-refractivity contribution < 1.29 is 19.5 Å². The predicted octanol–water partition coefficient (Wildman–Crippen LogP) is 0.954. The number of carboxylic acid groups (broad SMARTS) is 1. The van der Waals surface area contributed by atoms with Gasteiger partial charge in [-0.05, 0) is 12.1 Å². The monoisotopic (exact) mass is 239 g/mol. The quantitative estimate of drug-likeness (QED) is 0.780. The third-order valence-corrected chi connectivity index (χ3v) is 2.54. The van der Waals surface area contributed by atoms with Gasteiger partial charge < -0.3 is 5.11 Å². The Morgan fingerprint density at radius 1 is 1.38 bits per heavy atom. The van der Waals surface area contributed by atoms with Gasteiger partial charge in [-0.25, -0.2) is 0 Å². The zero-order chi connectivity index (χ0) is 11.9. The highest BCUT2D eigenvalue weighted by Crippen LogP contribution is 2.35. The molecule has 0 saturated heterocycles. The lowest BCUT2D eigenvalue weighted by Gasteiger charge is -2.14. The number of ketones is 1. The summed E-state index contributed by atoms with van der Waals surface area (Å²) in [6, 6.07) is 4.49. The molecule has 1 aromatic rings. The molecule has 0 atom stereocenters. The van der Waals surface area contributed by atoms with Crippen molar-refractivity contribution in [2.24, 2.45) is 0 Å². The normalized spacial score (nSPS) is 14.2. The smallest absolute Gasteiger partial charge is 0.323 e. The van der Waals surface area contributed by atoms with Crippen molar-refractivity contribution in [3.63, 3.8) is 0 Å². The van der Waals surface area contributed by atoms with Crippen LogP contribution in [0.4, 0.5) is 5.69 Å². The van der Waals surface area contributed by atoms with Gasteiger partial charge in [0.05, 0.1) is 16.3 Å². The standard InChI is InChI=1S/C10H6ClNO4/c11-6-3-1-2-5-8(6)12(4-7(13)14)10(16)9(5)15/h1-3H,4H2,(H,13,14). The van der Waals surface area contributed by atoms with Gasteiger partial charge in [0.1, 0.15) is 6.54 Å². The Bertz CT molecular complexity index is 512. The molecule has 2 rings (SSSR count). The molecule has 1 aliphatic heterocycles. The van der Waals surface area contributed by atoms with Gasteiger partial charge in [0.2, 0.25) is 0 Å². The van der Waals surface area contributed by atoms with Gasteiger partial charge >= 0.3 is 5.97 Å². The second-order valence-corrected chi connectivity index (χ2v) is 3.66. The summed E-state index contributed by atoms with van der Waals surface area (Å²) in [5.41, 5.74) is 0.334. The van der Waals surface area contributed by atoms with Gasteiger partial charge in [0.15, 0.2) is 0 Å². The van der Waals surface area contributed by atoms with Gasteiger partial charge in [-0.1, -0.05) is 17.7 Å². The summed E-state index contributed by atoms with van der Waals surface area (Å²) in [5, 5.41) is 8.84. The minimum atomic E-state index is -1.20. The topological polar surface area (TPSA) is 74.7 Å². The van der Waals surface area contributed by atoms with Gasteiger partial charge in [0, 0.05) is 0 Å². The maximum atomic E-state index is 11.5. The summed E-state index contributed by atoms with van der Waals surface area (Å²) >= 11 is 5.84. The first-order chi connectivity index (χ1) is 7.52. The number of hydrogen-bond acceptors (Lipinski definition) is 3. The molecule has 1 aromatic carbocycles. The molecule has 0 fully saturated rings. The zero-order valence-electron chi connectivity index (χ0n) is 7.94. The molecule has 0 spiro atoms. The average molecular weight is 240 g/mol. The van der Waals surface area contributed by atoms with Crippen LogP contribution in [0.15, 0.2) is 18.2 Å². The van der Waals surface area contributed by atoms with Crippen molar-refractivity contribution in [2.75, 3.05) is 11.4 Å². The molecule has 5 nitrogen and oxygen atoms in total. The number of nitrogens with zero attached hydrogens (tertiary/aromatic N) is 1. The van der Waals surface area contributed by atoms with Crippen molar-refractivity contribution in [3.8, 4) is 0 Å². The Morgan fingerprint density at radius 3 is 2.69 bits per heavy atom. The molecule has 82 valence electrons. The molecule has 0 saturated carbocycles. The Kier molecular flexibility index (Phi) is 2.40. The van der Waals surface area contributed by atoms with Crippen LogP contribution in [0.5, 0.6) is 0 Å². The summed E-state index contributed by atoms with van der Waals surface area (Å²) in [6.45, 7) is -0.568. The van der Waals surface area contributed by atoms with E-state index in [-0.39, 0.29) is 16.3 Å². The second kappa shape index (κ2) is 3.61. The number of carbonyl (C=O) groups excluding carboxylic acids is 2. The molecule has 0 bridgehead atoms. The Hall–Kier alpha value is -1.88. The van der Waals surface area contributed by atoms with E-state index < -0.39 is 24.2 Å². The zero-order valence-corrected chi connectivity index (χ0v) is 8.69. The maximum Gasteiger partial charge on any atom is 0.323 e. The number of amides is 1. The van der Waals surface area contributed by atoms with Crippen LogP contribution in [0.1, 0.15) is 10.4 Å². The lowest BCUT2D eigenvalue weighted by atomic mass is 10.1. The molecule has 6 heteroatoms. The van der Waals surface area contributed by atoms with E-state index in [4.69, 9.17) is 16.7 Å². The van der Waals surface area contributed by atoms with E-state index in [2.05, 4.69) is 0 Å². The maximum absolute atomic E-state index is 11.5. The summed E-state index contributed by atoms with van der Waals surface area (Å²) in [6.07, 6.45) is 0. The average Bonchev–Trinajstić information content (AvgIpc) is 2.45. The van der Waals surface area contributed by atoms with E-state index >= 15 is 0 Å². The number of aliphatic carboxylic acids is 1. The molecular weight excluding hydrogens is 234 g/mol. The van der Waals surface area contributed by atoms with Gasteiger partial charge in [-0.15, -0.1) is 0 Å². The van der Waals surface area contributed by atoms with Crippen LogP contribution in [-0.4, -0.2) is 29.3 Å². The van der Waals surface area contributed by atoms with Crippen LogP contribution in [-0.2, 0) is 9.59 Å². The summed E-state index contributed by atoms with van der Waals surface area (Å²) in [7, 11) is 0. The van der Waals surface area contributed by atoms with Crippen molar-refractivity contribution >= 4 is 34.9 Å². The summed E-state index contributed by atoms with van der Waals surface area (Å²) in [5.74, 6) is -2.78. The molecule has 0 aliphatic carbocycles. The number of fused-ring (bicyclic) bond motifs is 1. The lowest BCUT2D eigenvalue weighted by molar-refractivity contribution is -0.136. The van der Waals surface area contributed by atoms with E-state index in [1.54, 1.807) is 0 Å². The number of para-hydroxylation sites is 1. The van der Waals surface area contributed by atoms with Crippen LogP contribution in [0, 0.1) is 0 Å². The fraction of sp³-hybridized carbons (Fsp3) is 0.100. The Labute approximate surface area is 95.2 Å². The van der Waals surface area contributed by atoms with Crippen molar-refractivity contribution in [3.05, 3.63) is 28.8 Å². The Morgan fingerprint density at radius 2 is 2.06 bits per heavy atom. The molecule has 0 unspecified atom stereocenters. The van der Waals surface area contributed by atoms with Crippen LogP contribution in [0.3, 0.4) is 0 Å². The number of hydrogen-bond donors (Lipinski definition) is 1. The molecule has 16 heavy (non-hydrogen) atoms. The first-order valence-electron chi connectivity index (χ1n) is 4.39. The first kappa shape index (κ1) is 10.6. The molecule has 0 radical (unpaired) electrons. The highest BCUT2D eigenvalue weighted by Gasteiger charge is 2.38. The van der Waals surface area contributed by atoms with Gasteiger partial charge in [0.25, 0.3) is 11.7 Å². The Balaban J connectivity index is 2.56. The third-order valence-electron chi connectivity index (χ3n) is 2.23. The second-order valence-electron chi connectivity index (χ2n) is 3.25. The molecule has 1 aliphatic rings. The fourth-order valence-corrected chi connectivity index (χ4v) is 1.87. The lowest BCUT2D eigenvalue weighted by Crippen LogP contribution is -2.34. The molecule has 1 amide bonds. The molecular formula is C10H6ClNO4. The van der Waals surface area contributed by atoms with Crippen molar-refractivity contribution in [1.82, 2.24) is 0 Å². The van der Waals surface area contributed by atoms with Gasteiger partial charge in [-0.2, -0.15) is 0 Å². The third kappa shape index (κ3) is 1.45. The summed E-state index contributed by atoms with van der Waals surface area (Å²) in [4.78, 5) is 34.5. The van der Waals surface area contributed by atoms with Crippen LogP contribution < -0.4 is 4.90 Å². The van der Waals surface area contributed by atoms with Crippen molar-refractivity contribution in [1.29, 1.82) is 0 Å². The highest BCUT2D eigenvalue weighted by atomic mass is 35.5. The number of anilines is 1. The number of Topliss-reactive ketones (excluding diaryl/α,β-unsaturated/α-hetero) is 1. The number of carboxylic acids is 1.